The molecular weight excluding hydrogens is 325 g/mol. The van der Waals surface area contributed by atoms with Crippen LogP contribution in [0.1, 0.15) is 35.1 Å². The van der Waals surface area contributed by atoms with E-state index in [1.807, 2.05) is 0 Å². The Hall–Kier alpha value is -2.77. The third-order valence-electron chi connectivity index (χ3n) is 4.31. The van der Waals surface area contributed by atoms with Crippen LogP contribution in [0.15, 0.2) is 30.6 Å². The van der Waals surface area contributed by atoms with Crippen molar-refractivity contribution in [2.24, 2.45) is 0 Å². The summed E-state index contributed by atoms with van der Waals surface area (Å²) >= 11 is 0. The Kier molecular flexibility index (Phi) is 5.06. The summed E-state index contributed by atoms with van der Waals surface area (Å²) in [7, 11) is 1.56. The van der Waals surface area contributed by atoms with Crippen molar-refractivity contribution in [3.05, 3.63) is 47.8 Å². The van der Waals surface area contributed by atoms with Gasteiger partial charge < -0.3 is 10.2 Å². The van der Waals surface area contributed by atoms with Crippen molar-refractivity contribution < 1.29 is 14.0 Å². The molecule has 1 atom stereocenters. The van der Waals surface area contributed by atoms with Gasteiger partial charge >= 0.3 is 0 Å². The van der Waals surface area contributed by atoms with Crippen LogP contribution in [-0.4, -0.2) is 51.6 Å². The van der Waals surface area contributed by atoms with E-state index in [1.165, 1.54) is 12.1 Å². The maximum absolute atomic E-state index is 12.9. The maximum Gasteiger partial charge on any atom is 0.271 e. The van der Waals surface area contributed by atoms with Crippen LogP contribution in [0.4, 0.5) is 4.39 Å². The maximum atomic E-state index is 12.9. The summed E-state index contributed by atoms with van der Waals surface area (Å²) in [6.07, 6.45) is 4.79. The summed E-state index contributed by atoms with van der Waals surface area (Å²) in [6.45, 7) is 1.22. The van der Waals surface area contributed by atoms with Crippen molar-refractivity contribution in [2.75, 3.05) is 20.1 Å². The minimum atomic E-state index is -0.417. The van der Waals surface area contributed by atoms with Gasteiger partial charge in [-0.25, -0.2) is 4.39 Å². The molecule has 25 heavy (non-hydrogen) atoms. The van der Waals surface area contributed by atoms with Crippen LogP contribution in [0.3, 0.4) is 0 Å². The lowest BCUT2D eigenvalue weighted by Crippen LogP contribution is -2.41. The number of rotatable bonds is 4. The lowest BCUT2D eigenvalue weighted by Gasteiger charge is -2.33. The number of carbonyl (C=O) groups excluding carboxylic acids is 2. The molecule has 1 unspecified atom stereocenters. The summed E-state index contributed by atoms with van der Waals surface area (Å²) in [4.78, 5) is 29.8. The van der Waals surface area contributed by atoms with Gasteiger partial charge in [0.2, 0.25) is 5.91 Å². The third-order valence-corrected chi connectivity index (χ3v) is 4.31. The fourth-order valence-electron chi connectivity index (χ4n) is 2.97. The van der Waals surface area contributed by atoms with Crippen LogP contribution < -0.4 is 5.32 Å². The topological polar surface area (TPSA) is 80.1 Å². The van der Waals surface area contributed by atoms with E-state index < -0.39 is 5.82 Å². The zero-order valence-corrected chi connectivity index (χ0v) is 14.0. The van der Waals surface area contributed by atoms with Crippen LogP contribution >= 0.6 is 0 Å². The van der Waals surface area contributed by atoms with E-state index >= 15 is 0 Å². The van der Waals surface area contributed by atoms with E-state index in [4.69, 9.17) is 0 Å². The van der Waals surface area contributed by atoms with Crippen molar-refractivity contribution in [1.29, 1.82) is 0 Å². The van der Waals surface area contributed by atoms with Gasteiger partial charge in [0.15, 0.2) is 0 Å². The number of carbonyl (C=O) groups is 2. The lowest BCUT2D eigenvalue weighted by molar-refractivity contribution is -0.132. The Balaban J connectivity index is 1.64. The average molecular weight is 345 g/mol. The number of halogens is 1. The molecule has 132 valence electrons. The van der Waals surface area contributed by atoms with E-state index in [2.05, 4.69) is 15.4 Å². The fraction of sp³-hybridized carbons (Fsp3) is 0.412. The molecule has 1 fully saturated rings. The molecule has 1 aliphatic heterocycles. The first kappa shape index (κ1) is 17.1. The van der Waals surface area contributed by atoms with Gasteiger partial charge in [-0.3, -0.25) is 19.3 Å². The van der Waals surface area contributed by atoms with E-state index in [1.54, 1.807) is 28.9 Å². The smallest absolute Gasteiger partial charge is 0.271 e. The lowest BCUT2D eigenvalue weighted by atomic mass is 10.1. The van der Waals surface area contributed by atoms with Gasteiger partial charge in [0, 0.05) is 32.0 Å². The molecule has 0 aromatic carbocycles. The first-order valence-electron chi connectivity index (χ1n) is 8.22. The van der Waals surface area contributed by atoms with Crippen LogP contribution in [0.2, 0.25) is 0 Å². The van der Waals surface area contributed by atoms with E-state index in [-0.39, 0.29) is 24.3 Å². The van der Waals surface area contributed by atoms with Gasteiger partial charge in [-0.1, -0.05) is 0 Å². The minimum Gasteiger partial charge on any atom is -0.354 e. The molecule has 3 rings (SSSR count). The van der Waals surface area contributed by atoms with Gasteiger partial charge in [-0.15, -0.1) is 0 Å². The molecule has 0 bridgehead atoms. The monoisotopic (exact) mass is 345 g/mol. The second-order valence-electron chi connectivity index (χ2n) is 6.04. The SMILES string of the molecule is CNC(=O)c1ccn(C2CCCN(C(=O)Cc3ccc(F)cn3)C2)n1. The molecule has 1 N–H and O–H groups in total. The molecule has 0 saturated carbocycles. The van der Waals surface area contributed by atoms with Gasteiger partial charge in [0.25, 0.3) is 5.91 Å². The molecule has 3 heterocycles. The largest absolute Gasteiger partial charge is 0.354 e. The predicted octanol–water partition coefficient (Wildman–Crippen LogP) is 1.18. The van der Waals surface area contributed by atoms with Gasteiger partial charge in [-0.2, -0.15) is 5.10 Å². The highest BCUT2D eigenvalue weighted by atomic mass is 19.1. The van der Waals surface area contributed by atoms with Gasteiger partial charge in [0.1, 0.15) is 11.5 Å². The highest BCUT2D eigenvalue weighted by Gasteiger charge is 2.26. The summed E-state index contributed by atoms with van der Waals surface area (Å²) in [5, 5.41) is 6.85. The number of pyridine rings is 1. The summed E-state index contributed by atoms with van der Waals surface area (Å²) in [6, 6.07) is 4.54. The highest BCUT2D eigenvalue weighted by Crippen LogP contribution is 2.21. The molecule has 0 spiro atoms. The molecule has 2 amide bonds. The molecule has 1 saturated heterocycles. The molecule has 1 aliphatic rings. The molecule has 8 heteroatoms. The minimum absolute atomic E-state index is 0.0392. The van der Waals surface area contributed by atoms with Crippen LogP contribution in [0.5, 0.6) is 0 Å². The molecule has 0 aliphatic carbocycles. The molecule has 7 nitrogen and oxygen atoms in total. The second-order valence-corrected chi connectivity index (χ2v) is 6.04. The zero-order valence-electron chi connectivity index (χ0n) is 14.0. The molecule has 0 radical (unpaired) electrons. The van der Waals surface area contributed by atoms with Crippen LogP contribution in [0.25, 0.3) is 0 Å². The number of hydrogen-bond acceptors (Lipinski definition) is 4. The summed E-state index contributed by atoms with van der Waals surface area (Å²) in [5.74, 6) is -0.688. The van der Waals surface area contributed by atoms with Gasteiger partial charge in [0.05, 0.1) is 18.7 Å². The quantitative estimate of drug-likeness (QED) is 0.902. The predicted molar refractivity (Wildman–Crippen MR) is 88.4 cm³/mol. The van der Waals surface area contributed by atoms with Crippen molar-refractivity contribution in [3.8, 4) is 0 Å². The highest BCUT2D eigenvalue weighted by molar-refractivity contribution is 5.91. The summed E-state index contributed by atoms with van der Waals surface area (Å²) in [5.41, 5.74) is 0.913. The van der Waals surface area contributed by atoms with E-state index in [9.17, 15) is 14.0 Å². The normalized spacial score (nSPS) is 17.4. The summed E-state index contributed by atoms with van der Waals surface area (Å²) < 4.78 is 14.7. The first-order valence-corrected chi connectivity index (χ1v) is 8.22. The molecular formula is C17H20FN5O2. The molecule has 2 aromatic rings. The van der Waals surface area contributed by atoms with Crippen molar-refractivity contribution in [1.82, 2.24) is 25.0 Å². The second kappa shape index (κ2) is 7.42. The van der Waals surface area contributed by atoms with Crippen molar-refractivity contribution >= 4 is 11.8 Å². The van der Waals surface area contributed by atoms with Crippen molar-refractivity contribution in [3.63, 3.8) is 0 Å². The fourth-order valence-corrected chi connectivity index (χ4v) is 2.97. The number of nitrogens with zero attached hydrogens (tertiary/aromatic N) is 4. The van der Waals surface area contributed by atoms with Gasteiger partial charge in [-0.05, 0) is 31.0 Å². The Labute approximate surface area is 144 Å². The average Bonchev–Trinajstić information content (AvgIpc) is 3.13. The van der Waals surface area contributed by atoms with E-state index in [0.717, 1.165) is 19.0 Å². The number of amides is 2. The van der Waals surface area contributed by atoms with Crippen LogP contribution in [0, 0.1) is 5.82 Å². The number of piperidine rings is 1. The molecule has 2 aromatic heterocycles. The number of hydrogen-bond donors (Lipinski definition) is 1. The third kappa shape index (κ3) is 4.01. The Morgan fingerprint density at radius 2 is 2.20 bits per heavy atom. The Morgan fingerprint density at radius 3 is 2.92 bits per heavy atom. The first-order chi connectivity index (χ1) is 12.1. The standard InChI is InChI=1S/C17H20FN5O2/c1-19-17(25)15-6-8-23(21-15)14-3-2-7-22(11-14)16(24)9-13-5-4-12(18)10-20-13/h4-6,8,10,14H,2-3,7,9,11H2,1H3,(H,19,25). The van der Waals surface area contributed by atoms with Crippen LogP contribution in [-0.2, 0) is 11.2 Å². The van der Waals surface area contributed by atoms with Crippen molar-refractivity contribution in [2.45, 2.75) is 25.3 Å². The zero-order chi connectivity index (χ0) is 17.8. The van der Waals surface area contributed by atoms with E-state index in [0.29, 0.717) is 24.5 Å². The number of aromatic nitrogens is 3. The number of nitrogens with one attached hydrogen (secondary N) is 1. The Bertz CT molecular complexity index is 759. The number of likely N-dealkylation sites (tertiary alicyclic amines) is 1. The Morgan fingerprint density at radius 1 is 1.36 bits per heavy atom.